The third-order valence-electron chi connectivity index (χ3n) is 3.44. The number of carbonyl (C=O) groups excluding carboxylic acids is 1. The fourth-order valence-corrected chi connectivity index (χ4v) is 2.49. The fraction of sp³-hybridized carbons (Fsp3) is 0.462. The van der Waals surface area contributed by atoms with Crippen LogP contribution in [-0.4, -0.2) is 44.5 Å². The fourth-order valence-electron chi connectivity index (χ4n) is 2.20. The molecule has 0 unspecified atom stereocenters. The number of nitrogens with zero attached hydrogens (tertiary/aromatic N) is 4. The van der Waals surface area contributed by atoms with Crippen LogP contribution in [0.4, 0.5) is 5.69 Å². The van der Waals surface area contributed by atoms with E-state index in [2.05, 4.69) is 36.5 Å². The second-order valence-electron chi connectivity index (χ2n) is 5.03. The number of aromatic amines is 1. The molecule has 0 aromatic carbocycles. The van der Waals surface area contributed by atoms with E-state index in [0.717, 1.165) is 15.9 Å². The number of hydrogen-bond acceptors (Lipinski definition) is 6. The van der Waals surface area contributed by atoms with E-state index < -0.39 is 16.5 Å². The summed E-state index contributed by atoms with van der Waals surface area (Å²) in [5.41, 5.74) is 1.20. The average Bonchev–Trinajstić information content (AvgIpc) is 3.08. The minimum absolute atomic E-state index is 0.224. The average molecular weight is 401 g/mol. The maximum Gasteiger partial charge on any atom is 0.362 e. The molecule has 2 heterocycles. The molecule has 10 nitrogen and oxygen atoms in total. The van der Waals surface area contributed by atoms with Crippen LogP contribution in [0, 0.1) is 24.0 Å². The van der Waals surface area contributed by atoms with Crippen molar-refractivity contribution in [2.75, 3.05) is 13.7 Å². The van der Waals surface area contributed by atoms with Gasteiger partial charge >= 0.3 is 11.6 Å². The second-order valence-corrected chi connectivity index (χ2v) is 5.82. The van der Waals surface area contributed by atoms with Crippen LogP contribution < -0.4 is 10.1 Å². The molecule has 2 aromatic rings. The van der Waals surface area contributed by atoms with E-state index in [0.29, 0.717) is 19.5 Å². The minimum atomic E-state index is -0.704. The molecule has 2 N–H and O–H groups in total. The molecule has 0 saturated carbocycles. The smallest absolute Gasteiger partial charge is 0.362 e. The van der Waals surface area contributed by atoms with Crippen molar-refractivity contribution >= 4 is 27.5 Å². The Bertz CT molecular complexity index is 769. The molecule has 1 amide bonds. The van der Waals surface area contributed by atoms with Crippen LogP contribution in [0.25, 0.3) is 0 Å². The molecule has 24 heavy (non-hydrogen) atoms. The molecule has 11 heteroatoms. The number of aryl methyl sites for hydroxylation is 2. The van der Waals surface area contributed by atoms with Crippen LogP contribution in [-0.2, 0) is 6.54 Å². The van der Waals surface area contributed by atoms with Gasteiger partial charge in [-0.2, -0.15) is 5.10 Å². The van der Waals surface area contributed by atoms with E-state index >= 15 is 0 Å². The first-order valence-corrected chi connectivity index (χ1v) is 7.90. The molecule has 0 aliphatic heterocycles. The highest BCUT2D eigenvalue weighted by Crippen LogP contribution is 2.27. The molecular weight excluding hydrogens is 384 g/mol. The summed E-state index contributed by atoms with van der Waals surface area (Å²) >= 11 is 3.45. The third-order valence-corrected chi connectivity index (χ3v) is 4.58. The van der Waals surface area contributed by atoms with Gasteiger partial charge in [0.2, 0.25) is 5.69 Å². The molecule has 2 rings (SSSR count). The number of ether oxygens (including phenoxy) is 1. The predicted octanol–water partition coefficient (Wildman–Crippen LogP) is 1.72. The van der Waals surface area contributed by atoms with E-state index in [1.165, 1.54) is 7.11 Å². The zero-order valence-electron chi connectivity index (χ0n) is 13.4. The lowest BCUT2D eigenvalue weighted by molar-refractivity contribution is -0.386. The summed E-state index contributed by atoms with van der Waals surface area (Å²) in [4.78, 5) is 22.4. The molecule has 0 fully saturated rings. The molecule has 0 saturated heterocycles. The lowest BCUT2D eigenvalue weighted by Crippen LogP contribution is -2.26. The Morgan fingerprint density at radius 3 is 2.75 bits per heavy atom. The Balaban J connectivity index is 1.93. The van der Waals surface area contributed by atoms with Crippen molar-refractivity contribution in [3.63, 3.8) is 0 Å². The van der Waals surface area contributed by atoms with Gasteiger partial charge in [0, 0.05) is 18.8 Å². The van der Waals surface area contributed by atoms with Crippen molar-refractivity contribution in [1.82, 2.24) is 25.3 Å². The lowest BCUT2D eigenvalue weighted by atomic mass is 10.3. The largest absolute Gasteiger partial charge is 0.475 e. The first kappa shape index (κ1) is 17.9. The number of halogens is 1. The van der Waals surface area contributed by atoms with E-state index in [1.54, 1.807) is 0 Å². The highest BCUT2D eigenvalue weighted by atomic mass is 79.9. The molecule has 0 radical (unpaired) electrons. The summed E-state index contributed by atoms with van der Waals surface area (Å²) < 4.78 is 7.57. The van der Waals surface area contributed by atoms with Gasteiger partial charge in [-0.25, -0.2) is 0 Å². The lowest BCUT2D eigenvalue weighted by Gasteiger charge is -2.06. The van der Waals surface area contributed by atoms with Crippen molar-refractivity contribution in [2.45, 2.75) is 26.8 Å². The van der Waals surface area contributed by atoms with Crippen LogP contribution >= 0.6 is 15.9 Å². The van der Waals surface area contributed by atoms with E-state index in [1.807, 2.05) is 18.5 Å². The quantitative estimate of drug-likeness (QED) is 0.413. The number of H-pyrrole nitrogens is 1. The standard InChI is InChI=1S/C13H17BrN6O4/c1-7-9(14)8(2)19(18-7)6-4-5-15-12(21)10-11(20(22)23)13(24-3)17-16-10/h4-6H2,1-3H3,(H,15,21)(H,16,17). The first-order valence-electron chi connectivity index (χ1n) is 7.11. The van der Waals surface area contributed by atoms with Crippen molar-refractivity contribution in [2.24, 2.45) is 0 Å². The van der Waals surface area contributed by atoms with Crippen LogP contribution in [0.3, 0.4) is 0 Å². The zero-order chi connectivity index (χ0) is 17.9. The Hall–Kier alpha value is -2.43. The van der Waals surface area contributed by atoms with E-state index in [9.17, 15) is 14.9 Å². The van der Waals surface area contributed by atoms with Crippen molar-refractivity contribution in [3.05, 3.63) is 31.7 Å². The minimum Gasteiger partial charge on any atom is -0.475 e. The van der Waals surface area contributed by atoms with Gasteiger partial charge in [-0.1, -0.05) is 0 Å². The molecule has 0 aliphatic carbocycles. The topological polar surface area (TPSA) is 128 Å². The van der Waals surface area contributed by atoms with Crippen LogP contribution in [0.15, 0.2) is 4.47 Å². The summed E-state index contributed by atoms with van der Waals surface area (Å²) in [6.07, 6.45) is 0.624. The third kappa shape index (κ3) is 3.55. The number of amides is 1. The Labute approximate surface area is 145 Å². The molecule has 130 valence electrons. The number of hydrogen-bond donors (Lipinski definition) is 2. The van der Waals surface area contributed by atoms with Crippen LogP contribution in [0.1, 0.15) is 28.3 Å². The number of nitro groups is 1. The van der Waals surface area contributed by atoms with Gasteiger partial charge in [-0.3, -0.25) is 24.7 Å². The van der Waals surface area contributed by atoms with Crippen LogP contribution in [0.2, 0.25) is 0 Å². The summed E-state index contributed by atoms with van der Waals surface area (Å²) in [6.45, 7) is 4.81. The summed E-state index contributed by atoms with van der Waals surface area (Å²) in [7, 11) is 1.25. The molecule has 2 aromatic heterocycles. The molecule has 0 bridgehead atoms. The van der Waals surface area contributed by atoms with Gasteiger partial charge < -0.3 is 10.1 Å². The van der Waals surface area contributed by atoms with Crippen molar-refractivity contribution < 1.29 is 14.5 Å². The van der Waals surface area contributed by atoms with Gasteiger partial charge in [0.15, 0.2) is 0 Å². The SMILES string of the molecule is COc1n[nH]c(C(=O)NCCCn2nc(C)c(Br)c2C)c1[N+](=O)[O-]. The van der Waals surface area contributed by atoms with Gasteiger partial charge in [0.05, 0.1) is 22.2 Å². The maximum absolute atomic E-state index is 12.1. The van der Waals surface area contributed by atoms with Crippen molar-refractivity contribution in [1.29, 1.82) is 0 Å². The predicted molar refractivity (Wildman–Crippen MR) is 88.1 cm³/mol. The first-order chi connectivity index (χ1) is 11.4. The molecular formula is C13H17BrN6O4. The van der Waals surface area contributed by atoms with Crippen molar-refractivity contribution in [3.8, 4) is 5.88 Å². The zero-order valence-corrected chi connectivity index (χ0v) is 15.0. The Kier molecular flexibility index (Phi) is 5.54. The molecule has 0 aliphatic rings. The van der Waals surface area contributed by atoms with Gasteiger partial charge in [-0.05, 0) is 36.2 Å². The Morgan fingerprint density at radius 1 is 1.50 bits per heavy atom. The van der Waals surface area contributed by atoms with Gasteiger partial charge in [0.1, 0.15) is 0 Å². The summed E-state index contributed by atoms with van der Waals surface area (Å²) in [5.74, 6) is -0.829. The molecule has 0 atom stereocenters. The monoisotopic (exact) mass is 400 g/mol. The number of aromatic nitrogens is 4. The number of nitrogens with one attached hydrogen (secondary N) is 2. The van der Waals surface area contributed by atoms with Gasteiger partial charge in [0.25, 0.3) is 5.91 Å². The maximum atomic E-state index is 12.1. The van der Waals surface area contributed by atoms with E-state index in [-0.39, 0.29) is 11.6 Å². The van der Waals surface area contributed by atoms with Crippen LogP contribution in [0.5, 0.6) is 5.88 Å². The normalized spacial score (nSPS) is 10.7. The number of rotatable bonds is 7. The highest BCUT2D eigenvalue weighted by Gasteiger charge is 2.29. The Morgan fingerprint density at radius 2 is 2.21 bits per heavy atom. The number of carbonyl (C=O) groups is 1. The van der Waals surface area contributed by atoms with Gasteiger partial charge in [-0.15, -0.1) is 5.10 Å². The second kappa shape index (κ2) is 7.43. The summed E-state index contributed by atoms with van der Waals surface area (Å²) in [6, 6.07) is 0. The van der Waals surface area contributed by atoms with E-state index in [4.69, 9.17) is 4.74 Å². The number of methoxy groups -OCH3 is 1. The highest BCUT2D eigenvalue weighted by molar-refractivity contribution is 9.10. The molecule has 0 spiro atoms. The summed E-state index contributed by atoms with van der Waals surface area (Å²) in [5, 5.41) is 24.0.